The van der Waals surface area contributed by atoms with Crippen molar-refractivity contribution in [2.24, 2.45) is 5.10 Å². The molecule has 0 spiro atoms. The number of carbonyl (C=O) groups is 1. The van der Waals surface area contributed by atoms with Gasteiger partial charge in [0.2, 0.25) is 0 Å². The highest BCUT2D eigenvalue weighted by Gasteiger charge is 2.14. The zero-order valence-corrected chi connectivity index (χ0v) is 13.4. The molecule has 2 aromatic rings. The summed E-state index contributed by atoms with van der Waals surface area (Å²) in [6, 6.07) is 13.2. The van der Waals surface area contributed by atoms with E-state index in [0.717, 1.165) is 5.69 Å². The molecule has 0 unspecified atom stereocenters. The molecule has 1 aromatic heterocycles. The molecule has 1 N–H and O–H groups in total. The molecule has 1 heterocycles. The third kappa shape index (κ3) is 4.01. The average molecular weight is 295 g/mol. The second-order valence-electron chi connectivity index (χ2n) is 6.18. The Morgan fingerprint density at radius 3 is 2.32 bits per heavy atom. The molecule has 4 nitrogen and oxygen atoms in total. The molecule has 0 aliphatic carbocycles. The van der Waals surface area contributed by atoms with E-state index in [2.05, 4.69) is 36.3 Å². The largest absolute Gasteiger partial charge is 0.271 e. The lowest BCUT2D eigenvalue weighted by atomic mass is 9.87. The van der Waals surface area contributed by atoms with Crippen LogP contribution in [-0.2, 0) is 5.41 Å². The Labute approximate surface area is 131 Å². The smallest absolute Gasteiger partial charge is 0.267 e. The number of hydrazone groups is 1. The van der Waals surface area contributed by atoms with E-state index >= 15 is 0 Å². The highest BCUT2D eigenvalue weighted by molar-refractivity contribution is 5.99. The van der Waals surface area contributed by atoms with E-state index in [1.807, 2.05) is 49.4 Å². The number of rotatable bonds is 3. The molecule has 0 aliphatic heterocycles. The number of nitrogens with zero attached hydrogens (tertiary/aromatic N) is 2. The minimum absolute atomic E-state index is 0.0721. The van der Waals surface area contributed by atoms with Crippen LogP contribution in [0.5, 0.6) is 0 Å². The first kappa shape index (κ1) is 15.9. The number of benzene rings is 1. The van der Waals surface area contributed by atoms with E-state index in [1.54, 1.807) is 6.20 Å². The van der Waals surface area contributed by atoms with Crippen molar-refractivity contribution >= 4 is 11.6 Å². The first-order valence-electron chi connectivity index (χ1n) is 7.24. The lowest BCUT2D eigenvalue weighted by Gasteiger charge is -2.18. The van der Waals surface area contributed by atoms with E-state index < -0.39 is 0 Å². The third-order valence-electron chi connectivity index (χ3n) is 3.37. The van der Waals surface area contributed by atoms with Gasteiger partial charge in [0.1, 0.15) is 0 Å². The van der Waals surface area contributed by atoms with Gasteiger partial charge in [-0.2, -0.15) is 5.10 Å². The molecular weight excluding hydrogens is 274 g/mol. The van der Waals surface area contributed by atoms with Crippen LogP contribution in [0.3, 0.4) is 0 Å². The van der Waals surface area contributed by atoms with Crippen molar-refractivity contribution in [1.29, 1.82) is 0 Å². The van der Waals surface area contributed by atoms with Gasteiger partial charge in [0, 0.05) is 11.8 Å². The van der Waals surface area contributed by atoms with Crippen LogP contribution in [-0.4, -0.2) is 16.6 Å². The molecule has 0 radical (unpaired) electrons. The van der Waals surface area contributed by atoms with Crippen molar-refractivity contribution in [3.63, 3.8) is 0 Å². The molecular formula is C18H21N3O. The molecule has 1 amide bonds. The van der Waals surface area contributed by atoms with Gasteiger partial charge in [-0.1, -0.05) is 39.0 Å². The zero-order valence-electron chi connectivity index (χ0n) is 13.4. The normalized spacial score (nSPS) is 12.1. The van der Waals surface area contributed by atoms with Gasteiger partial charge in [-0.05, 0) is 42.2 Å². The lowest BCUT2D eigenvalue weighted by molar-refractivity contribution is 0.0955. The Balaban J connectivity index is 2.07. The van der Waals surface area contributed by atoms with Gasteiger partial charge in [-0.25, -0.2) is 5.43 Å². The van der Waals surface area contributed by atoms with Crippen molar-refractivity contribution in [2.45, 2.75) is 33.1 Å². The average Bonchev–Trinajstić information content (AvgIpc) is 2.52. The maximum Gasteiger partial charge on any atom is 0.271 e. The first-order valence-corrected chi connectivity index (χ1v) is 7.24. The quantitative estimate of drug-likeness (QED) is 0.695. The van der Waals surface area contributed by atoms with E-state index in [0.29, 0.717) is 11.3 Å². The van der Waals surface area contributed by atoms with Crippen molar-refractivity contribution < 1.29 is 4.79 Å². The van der Waals surface area contributed by atoms with Crippen molar-refractivity contribution in [2.75, 3.05) is 0 Å². The summed E-state index contributed by atoms with van der Waals surface area (Å²) in [4.78, 5) is 16.3. The van der Waals surface area contributed by atoms with Gasteiger partial charge < -0.3 is 0 Å². The number of pyridine rings is 1. The van der Waals surface area contributed by atoms with Gasteiger partial charge in [0.25, 0.3) is 5.91 Å². The standard InChI is InChI=1S/C18H21N3O/c1-13(16-7-5-6-12-19-16)20-21-17(22)14-8-10-15(11-9-14)18(2,3)4/h5-12H,1-4H3,(H,21,22). The van der Waals surface area contributed by atoms with Crippen molar-refractivity contribution in [1.82, 2.24) is 10.4 Å². The number of hydrogen-bond acceptors (Lipinski definition) is 3. The summed E-state index contributed by atoms with van der Waals surface area (Å²) in [6.07, 6.45) is 1.70. The highest BCUT2D eigenvalue weighted by atomic mass is 16.2. The Hall–Kier alpha value is -2.49. The molecule has 114 valence electrons. The Kier molecular flexibility index (Phi) is 4.71. The van der Waals surface area contributed by atoms with Crippen LogP contribution in [0.2, 0.25) is 0 Å². The third-order valence-corrected chi connectivity index (χ3v) is 3.37. The van der Waals surface area contributed by atoms with Gasteiger partial charge in [0.15, 0.2) is 0 Å². The fourth-order valence-corrected chi connectivity index (χ4v) is 1.95. The van der Waals surface area contributed by atoms with Gasteiger partial charge in [-0.3, -0.25) is 9.78 Å². The number of nitrogens with one attached hydrogen (secondary N) is 1. The maximum absolute atomic E-state index is 12.1. The van der Waals surface area contributed by atoms with Crippen LogP contribution in [0.1, 0.15) is 49.3 Å². The monoisotopic (exact) mass is 295 g/mol. The van der Waals surface area contributed by atoms with Crippen LogP contribution >= 0.6 is 0 Å². The second kappa shape index (κ2) is 6.52. The topological polar surface area (TPSA) is 54.4 Å². The first-order chi connectivity index (χ1) is 10.4. The molecule has 0 fully saturated rings. The van der Waals surface area contributed by atoms with E-state index in [9.17, 15) is 4.79 Å². The minimum atomic E-state index is -0.226. The molecule has 1 aromatic carbocycles. The number of carbonyl (C=O) groups excluding carboxylic acids is 1. The van der Waals surface area contributed by atoms with Crippen LogP contribution in [0.15, 0.2) is 53.8 Å². The summed E-state index contributed by atoms with van der Waals surface area (Å²) in [5.41, 5.74) is 5.83. The minimum Gasteiger partial charge on any atom is -0.267 e. The molecule has 0 saturated carbocycles. The Morgan fingerprint density at radius 2 is 1.77 bits per heavy atom. The summed E-state index contributed by atoms with van der Waals surface area (Å²) in [7, 11) is 0. The predicted molar refractivity (Wildman–Crippen MR) is 89.1 cm³/mol. The molecule has 4 heteroatoms. The summed E-state index contributed by atoms with van der Waals surface area (Å²) in [5.74, 6) is -0.226. The van der Waals surface area contributed by atoms with Crippen molar-refractivity contribution in [3.8, 4) is 0 Å². The van der Waals surface area contributed by atoms with Crippen molar-refractivity contribution in [3.05, 3.63) is 65.5 Å². The summed E-state index contributed by atoms with van der Waals surface area (Å²) in [5, 5.41) is 4.10. The summed E-state index contributed by atoms with van der Waals surface area (Å²) >= 11 is 0. The van der Waals surface area contributed by atoms with Gasteiger partial charge in [0.05, 0.1) is 11.4 Å². The molecule has 0 saturated heterocycles. The fraction of sp³-hybridized carbons (Fsp3) is 0.278. The molecule has 0 aliphatic rings. The summed E-state index contributed by atoms with van der Waals surface area (Å²) < 4.78 is 0. The zero-order chi connectivity index (χ0) is 16.2. The number of amides is 1. The van der Waals surface area contributed by atoms with E-state index in [1.165, 1.54) is 5.56 Å². The molecule has 22 heavy (non-hydrogen) atoms. The second-order valence-corrected chi connectivity index (χ2v) is 6.18. The highest BCUT2D eigenvalue weighted by Crippen LogP contribution is 2.22. The predicted octanol–water partition coefficient (Wildman–Crippen LogP) is 3.53. The number of aromatic nitrogens is 1. The molecule has 2 rings (SSSR count). The Morgan fingerprint density at radius 1 is 1.09 bits per heavy atom. The van der Waals surface area contributed by atoms with Crippen LogP contribution in [0.4, 0.5) is 0 Å². The van der Waals surface area contributed by atoms with Gasteiger partial charge in [-0.15, -0.1) is 0 Å². The fourth-order valence-electron chi connectivity index (χ4n) is 1.95. The van der Waals surface area contributed by atoms with Crippen LogP contribution < -0.4 is 5.43 Å². The van der Waals surface area contributed by atoms with E-state index in [-0.39, 0.29) is 11.3 Å². The Bertz CT molecular complexity index is 668. The summed E-state index contributed by atoms with van der Waals surface area (Å²) in [6.45, 7) is 8.24. The SMILES string of the molecule is CC(=NNC(=O)c1ccc(C(C)(C)C)cc1)c1ccccn1. The van der Waals surface area contributed by atoms with Crippen LogP contribution in [0.25, 0.3) is 0 Å². The lowest BCUT2D eigenvalue weighted by Crippen LogP contribution is -2.20. The van der Waals surface area contributed by atoms with Gasteiger partial charge >= 0.3 is 0 Å². The molecule has 0 atom stereocenters. The maximum atomic E-state index is 12.1. The molecule has 0 bridgehead atoms. The van der Waals surface area contributed by atoms with E-state index in [4.69, 9.17) is 0 Å². The van der Waals surface area contributed by atoms with Crippen LogP contribution in [0, 0.1) is 0 Å². The number of hydrogen-bond donors (Lipinski definition) is 1.